The second-order valence-electron chi connectivity index (χ2n) is 4.79. The number of nitro benzene ring substituents is 1. The van der Waals surface area contributed by atoms with E-state index >= 15 is 0 Å². The lowest BCUT2D eigenvalue weighted by Gasteiger charge is -2.22. The Hall–Kier alpha value is -2.15. The lowest BCUT2D eigenvalue weighted by molar-refractivity contribution is -0.385. The number of nitrogens with one attached hydrogen (secondary N) is 1. The molecule has 7 nitrogen and oxygen atoms in total. The lowest BCUT2D eigenvalue weighted by Crippen LogP contribution is -2.38. The van der Waals surface area contributed by atoms with Crippen molar-refractivity contribution in [3.05, 3.63) is 33.9 Å². The van der Waals surface area contributed by atoms with Crippen LogP contribution in [0.15, 0.2) is 18.2 Å². The predicted molar refractivity (Wildman–Crippen MR) is 73.7 cm³/mol. The molecule has 1 aliphatic carbocycles. The van der Waals surface area contributed by atoms with Gasteiger partial charge in [-0.05, 0) is 25.8 Å². The Morgan fingerprint density at radius 2 is 2.25 bits per heavy atom. The minimum atomic E-state index is -0.475. The first-order valence-electron chi connectivity index (χ1n) is 6.47. The van der Waals surface area contributed by atoms with E-state index in [1.807, 2.05) is 0 Å². The molecule has 1 aliphatic rings. The fraction of sp³-hybridized carbons (Fsp3) is 0.462. The zero-order valence-corrected chi connectivity index (χ0v) is 11.2. The summed E-state index contributed by atoms with van der Waals surface area (Å²) in [6.07, 6.45) is 1.86. The van der Waals surface area contributed by atoms with Gasteiger partial charge in [-0.15, -0.1) is 0 Å². The summed E-state index contributed by atoms with van der Waals surface area (Å²) in [5.41, 5.74) is 0.821. The van der Waals surface area contributed by atoms with Crippen molar-refractivity contribution in [2.75, 3.05) is 18.5 Å². The maximum Gasteiger partial charge on any atom is 0.322 e. The van der Waals surface area contributed by atoms with E-state index in [1.54, 1.807) is 17.9 Å². The lowest BCUT2D eigenvalue weighted by atomic mass is 10.1. The van der Waals surface area contributed by atoms with Crippen molar-refractivity contribution >= 4 is 17.4 Å². The molecule has 2 rings (SSSR count). The van der Waals surface area contributed by atoms with Crippen LogP contribution in [0.5, 0.6) is 0 Å². The zero-order chi connectivity index (χ0) is 14.7. The molecule has 20 heavy (non-hydrogen) atoms. The van der Waals surface area contributed by atoms with E-state index in [0.29, 0.717) is 11.3 Å². The molecule has 2 amide bonds. The van der Waals surface area contributed by atoms with Crippen LogP contribution in [-0.4, -0.2) is 40.2 Å². The van der Waals surface area contributed by atoms with Gasteiger partial charge in [0.2, 0.25) is 0 Å². The number of nitrogens with zero attached hydrogens (tertiary/aromatic N) is 2. The summed E-state index contributed by atoms with van der Waals surface area (Å²) >= 11 is 0. The quantitative estimate of drug-likeness (QED) is 0.635. The van der Waals surface area contributed by atoms with Gasteiger partial charge in [-0.1, -0.05) is 6.07 Å². The van der Waals surface area contributed by atoms with Gasteiger partial charge in [-0.3, -0.25) is 10.1 Å². The normalized spacial score (nSPS) is 13.9. The molecular formula is C13H17N3O4. The number of aliphatic hydroxyl groups is 1. The Morgan fingerprint density at radius 3 is 2.80 bits per heavy atom. The molecular weight excluding hydrogens is 262 g/mol. The highest BCUT2D eigenvalue weighted by atomic mass is 16.6. The minimum absolute atomic E-state index is 0.0251. The molecule has 0 spiro atoms. The van der Waals surface area contributed by atoms with Crippen LogP contribution in [-0.2, 0) is 0 Å². The number of carbonyl (C=O) groups excluding carboxylic acids is 1. The summed E-state index contributed by atoms with van der Waals surface area (Å²) in [6.45, 7) is 1.77. The number of amides is 2. The number of carbonyl (C=O) groups is 1. The number of nitro groups is 1. The van der Waals surface area contributed by atoms with Crippen LogP contribution in [0.1, 0.15) is 18.4 Å². The Bertz CT molecular complexity index is 528. The molecule has 0 heterocycles. The highest BCUT2D eigenvalue weighted by Gasteiger charge is 2.32. The van der Waals surface area contributed by atoms with Crippen molar-refractivity contribution in [3.63, 3.8) is 0 Å². The summed E-state index contributed by atoms with van der Waals surface area (Å²) in [5, 5.41) is 22.5. The molecule has 1 fully saturated rings. The molecule has 0 aliphatic heterocycles. The van der Waals surface area contributed by atoms with Crippen LogP contribution in [0.2, 0.25) is 0 Å². The van der Waals surface area contributed by atoms with Gasteiger partial charge >= 0.3 is 6.03 Å². The van der Waals surface area contributed by atoms with Gasteiger partial charge in [0.25, 0.3) is 5.69 Å². The standard InChI is InChI=1S/C13H17N3O4/c1-9-11(3-2-4-12(9)16(19)20)14-13(18)15(7-8-17)10-5-6-10/h2-4,10,17H,5-8H2,1H3,(H,14,18). The largest absolute Gasteiger partial charge is 0.395 e. The second-order valence-corrected chi connectivity index (χ2v) is 4.79. The summed E-state index contributed by atoms with van der Waals surface area (Å²) in [5.74, 6) is 0. The maximum absolute atomic E-state index is 12.2. The molecule has 0 radical (unpaired) electrons. The van der Waals surface area contributed by atoms with Gasteiger partial charge in [-0.25, -0.2) is 4.79 Å². The van der Waals surface area contributed by atoms with Crippen molar-refractivity contribution in [2.24, 2.45) is 0 Å². The predicted octanol–water partition coefficient (Wildman–Crippen LogP) is 1.89. The first kappa shape index (κ1) is 14.3. The molecule has 7 heteroatoms. The van der Waals surface area contributed by atoms with Crippen molar-refractivity contribution in [2.45, 2.75) is 25.8 Å². The van der Waals surface area contributed by atoms with E-state index < -0.39 is 4.92 Å². The Kier molecular flexibility index (Phi) is 4.19. The van der Waals surface area contributed by atoms with Crippen LogP contribution >= 0.6 is 0 Å². The van der Waals surface area contributed by atoms with Gasteiger partial charge in [0.1, 0.15) is 0 Å². The van der Waals surface area contributed by atoms with Gasteiger partial charge in [0.05, 0.1) is 22.8 Å². The van der Waals surface area contributed by atoms with E-state index in [4.69, 9.17) is 5.11 Å². The molecule has 1 aromatic carbocycles. The second kappa shape index (κ2) is 5.87. The average molecular weight is 279 g/mol. The third-order valence-electron chi connectivity index (χ3n) is 3.33. The van der Waals surface area contributed by atoms with E-state index in [0.717, 1.165) is 12.8 Å². The maximum atomic E-state index is 12.2. The average Bonchev–Trinajstić information content (AvgIpc) is 3.22. The summed E-state index contributed by atoms with van der Waals surface area (Å²) in [4.78, 5) is 24.1. The SMILES string of the molecule is Cc1c(NC(=O)N(CCO)C2CC2)cccc1[N+](=O)[O-]. The van der Waals surface area contributed by atoms with Crippen molar-refractivity contribution in [3.8, 4) is 0 Å². The molecule has 1 aromatic rings. The fourth-order valence-electron chi connectivity index (χ4n) is 2.09. The smallest absolute Gasteiger partial charge is 0.322 e. The molecule has 1 saturated carbocycles. The molecule has 0 saturated heterocycles. The third-order valence-corrected chi connectivity index (χ3v) is 3.33. The van der Waals surface area contributed by atoms with E-state index in [2.05, 4.69) is 5.32 Å². The highest BCUT2D eigenvalue weighted by molar-refractivity contribution is 5.91. The van der Waals surface area contributed by atoms with Crippen LogP contribution in [0, 0.1) is 17.0 Å². The molecule has 108 valence electrons. The number of hydrogen-bond donors (Lipinski definition) is 2. The van der Waals surface area contributed by atoms with Gasteiger partial charge in [-0.2, -0.15) is 0 Å². The summed E-state index contributed by atoms with van der Waals surface area (Å²) in [7, 11) is 0. The van der Waals surface area contributed by atoms with Crippen LogP contribution in [0.3, 0.4) is 0 Å². The van der Waals surface area contributed by atoms with Gasteiger partial charge < -0.3 is 15.3 Å². The minimum Gasteiger partial charge on any atom is -0.395 e. The number of aliphatic hydroxyl groups excluding tert-OH is 1. The number of urea groups is 1. The zero-order valence-electron chi connectivity index (χ0n) is 11.2. The highest BCUT2D eigenvalue weighted by Crippen LogP contribution is 2.29. The van der Waals surface area contributed by atoms with Crippen LogP contribution in [0.4, 0.5) is 16.2 Å². The van der Waals surface area contributed by atoms with Crippen molar-refractivity contribution in [1.82, 2.24) is 4.90 Å². The van der Waals surface area contributed by atoms with Crippen molar-refractivity contribution in [1.29, 1.82) is 0 Å². The van der Waals surface area contributed by atoms with E-state index in [-0.39, 0.29) is 30.9 Å². The molecule has 2 N–H and O–H groups in total. The topological polar surface area (TPSA) is 95.7 Å². The fourth-order valence-corrected chi connectivity index (χ4v) is 2.09. The van der Waals surface area contributed by atoms with E-state index in [9.17, 15) is 14.9 Å². The summed E-state index contributed by atoms with van der Waals surface area (Å²) in [6, 6.07) is 4.40. The first-order valence-corrected chi connectivity index (χ1v) is 6.47. The molecule has 0 bridgehead atoms. The Morgan fingerprint density at radius 1 is 1.55 bits per heavy atom. The Labute approximate surface area is 116 Å². The van der Waals surface area contributed by atoms with Crippen LogP contribution in [0.25, 0.3) is 0 Å². The third kappa shape index (κ3) is 3.05. The number of rotatable bonds is 5. The summed E-state index contributed by atoms with van der Waals surface area (Å²) < 4.78 is 0. The monoisotopic (exact) mass is 279 g/mol. The number of benzene rings is 1. The first-order chi connectivity index (χ1) is 9.54. The number of hydrogen-bond acceptors (Lipinski definition) is 4. The van der Waals surface area contributed by atoms with E-state index in [1.165, 1.54) is 12.1 Å². The van der Waals surface area contributed by atoms with Gasteiger partial charge in [0, 0.05) is 18.7 Å². The molecule has 0 aromatic heterocycles. The van der Waals surface area contributed by atoms with Crippen molar-refractivity contribution < 1.29 is 14.8 Å². The number of anilines is 1. The van der Waals surface area contributed by atoms with Gasteiger partial charge in [0.15, 0.2) is 0 Å². The molecule has 0 unspecified atom stereocenters. The Balaban J connectivity index is 2.14. The van der Waals surface area contributed by atoms with Crippen LogP contribution < -0.4 is 5.32 Å². The molecule has 0 atom stereocenters.